The molecule has 0 bridgehead atoms. The Labute approximate surface area is 139 Å². The smallest absolute Gasteiger partial charge is 0.328 e. The molecule has 7 heteroatoms. The van der Waals surface area contributed by atoms with Gasteiger partial charge in [0.05, 0.1) is 7.11 Å². The number of carbonyl (C=O) groups excluding carboxylic acids is 3. The normalized spacial score (nSPS) is 9.75. The fraction of sp³-hybridized carbons (Fsp3) is 0.118. The predicted octanol–water partition coefficient (Wildman–Crippen LogP) is 1.40. The zero-order valence-corrected chi connectivity index (χ0v) is 13.3. The Hall–Kier alpha value is -3.35. The molecule has 124 valence electrons. The molecule has 0 aromatic heterocycles. The van der Waals surface area contributed by atoms with E-state index in [2.05, 4.69) is 16.2 Å². The van der Waals surface area contributed by atoms with Crippen LogP contribution >= 0.6 is 0 Å². The van der Waals surface area contributed by atoms with Gasteiger partial charge in [0.25, 0.3) is 5.91 Å². The van der Waals surface area contributed by atoms with Crippen molar-refractivity contribution in [1.82, 2.24) is 10.9 Å². The first-order valence-electron chi connectivity index (χ1n) is 7.12. The highest BCUT2D eigenvalue weighted by molar-refractivity contribution is 6.39. The first kappa shape index (κ1) is 17.0. The van der Waals surface area contributed by atoms with Crippen LogP contribution in [0.4, 0.5) is 5.69 Å². The summed E-state index contributed by atoms with van der Waals surface area (Å²) in [5.74, 6) is -1.79. The number of methoxy groups -OCH3 is 1. The van der Waals surface area contributed by atoms with Crippen LogP contribution in [0.25, 0.3) is 0 Å². The number of ether oxygens (including phenoxy) is 1. The summed E-state index contributed by atoms with van der Waals surface area (Å²) in [7, 11) is 1.52. The van der Waals surface area contributed by atoms with E-state index in [4.69, 9.17) is 4.74 Å². The Bertz CT molecular complexity index is 757. The Morgan fingerprint density at radius 3 is 2.17 bits per heavy atom. The molecular weight excluding hydrogens is 310 g/mol. The highest BCUT2D eigenvalue weighted by atomic mass is 16.5. The van der Waals surface area contributed by atoms with Gasteiger partial charge >= 0.3 is 11.8 Å². The highest BCUT2D eigenvalue weighted by Crippen LogP contribution is 2.13. The van der Waals surface area contributed by atoms with E-state index in [0.717, 1.165) is 5.56 Å². The predicted molar refractivity (Wildman–Crippen MR) is 88.4 cm³/mol. The number of aryl methyl sites for hydroxylation is 1. The fourth-order valence-corrected chi connectivity index (χ4v) is 1.88. The molecule has 0 heterocycles. The van der Waals surface area contributed by atoms with Crippen LogP contribution in [0.3, 0.4) is 0 Å². The average molecular weight is 327 g/mol. The molecule has 0 aliphatic carbocycles. The minimum Gasteiger partial charge on any atom is -0.497 e. The van der Waals surface area contributed by atoms with Crippen LogP contribution in [0.2, 0.25) is 0 Å². The molecule has 3 N–H and O–H groups in total. The number of hydrogen-bond donors (Lipinski definition) is 3. The molecule has 0 radical (unpaired) electrons. The number of hydrazine groups is 1. The van der Waals surface area contributed by atoms with Gasteiger partial charge in [-0.15, -0.1) is 0 Å². The van der Waals surface area contributed by atoms with Crippen LogP contribution in [0, 0.1) is 6.92 Å². The lowest BCUT2D eigenvalue weighted by Crippen LogP contribution is -2.46. The zero-order chi connectivity index (χ0) is 17.5. The van der Waals surface area contributed by atoms with E-state index in [0.29, 0.717) is 17.0 Å². The van der Waals surface area contributed by atoms with Crippen molar-refractivity contribution in [2.24, 2.45) is 0 Å². The third-order valence-electron chi connectivity index (χ3n) is 3.24. The number of hydrogen-bond acceptors (Lipinski definition) is 4. The molecule has 2 rings (SSSR count). The van der Waals surface area contributed by atoms with Gasteiger partial charge in [0.15, 0.2) is 0 Å². The number of nitrogens with one attached hydrogen (secondary N) is 3. The zero-order valence-electron chi connectivity index (χ0n) is 13.3. The van der Waals surface area contributed by atoms with Crippen molar-refractivity contribution in [2.75, 3.05) is 12.4 Å². The fourth-order valence-electron chi connectivity index (χ4n) is 1.88. The summed E-state index contributed by atoms with van der Waals surface area (Å²) in [5, 5.41) is 2.47. The number of anilines is 1. The summed E-state index contributed by atoms with van der Waals surface area (Å²) < 4.78 is 4.99. The standard InChI is InChI=1S/C17H17N3O4/c1-11-5-3-4-6-14(11)18-16(22)17(23)20-19-15(21)12-7-9-13(24-2)10-8-12/h3-10H,1-2H3,(H,18,22)(H,19,21)(H,20,23). The van der Waals surface area contributed by atoms with Crippen LogP contribution in [-0.4, -0.2) is 24.8 Å². The molecule has 7 nitrogen and oxygen atoms in total. The lowest BCUT2D eigenvalue weighted by atomic mass is 10.2. The molecule has 0 saturated carbocycles. The molecule has 24 heavy (non-hydrogen) atoms. The Kier molecular flexibility index (Phi) is 5.51. The van der Waals surface area contributed by atoms with E-state index in [1.54, 1.807) is 37.3 Å². The first-order valence-corrected chi connectivity index (χ1v) is 7.12. The van der Waals surface area contributed by atoms with Crippen molar-refractivity contribution in [1.29, 1.82) is 0 Å². The molecule has 2 aromatic carbocycles. The largest absolute Gasteiger partial charge is 0.497 e. The van der Waals surface area contributed by atoms with E-state index < -0.39 is 17.7 Å². The summed E-state index contributed by atoms with van der Waals surface area (Å²) in [6, 6.07) is 13.3. The van der Waals surface area contributed by atoms with Crippen molar-refractivity contribution < 1.29 is 19.1 Å². The van der Waals surface area contributed by atoms with Crippen LogP contribution in [0.15, 0.2) is 48.5 Å². The molecule has 0 spiro atoms. The minimum absolute atomic E-state index is 0.315. The molecule has 0 atom stereocenters. The molecule has 0 fully saturated rings. The second kappa shape index (κ2) is 7.77. The molecule has 0 unspecified atom stereocenters. The van der Waals surface area contributed by atoms with E-state index in [1.807, 2.05) is 6.07 Å². The van der Waals surface area contributed by atoms with Gasteiger partial charge in [-0.25, -0.2) is 0 Å². The van der Waals surface area contributed by atoms with Gasteiger partial charge in [0.2, 0.25) is 0 Å². The second-order valence-electron chi connectivity index (χ2n) is 4.91. The maximum Gasteiger partial charge on any atom is 0.328 e. The molecule has 0 saturated heterocycles. The quantitative estimate of drug-likeness (QED) is 0.586. The maximum absolute atomic E-state index is 11.9. The molecule has 2 aromatic rings. The van der Waals surface area contributed by atoms with E-state index in [1.165, 1.54) is 19.2 Å². The van der Waals surface area contributed by atoms with E-state index >= 15 is 0 Å². The van der Waals surface area contributed by atoms with Crippen molar-refractivity contribution >= 4 is 23.4 Å². The number of para-hydroxylation sites is 1. The maximum atomic E-state index is 11.9. The third-order valence-corrected chi connectivity index (χ3v) is 3.24. The SMILES string of the molecule is COc1ccc(C(=O)NNC(=O)C(=O)Nc2ccccc2C)cc1. The topological polar surface area (TPSA) is 96.5 Å². The summed E-state index contributed by atoms with van der Waals surface area (Å²) in [6.45, 7) is 1.80. The van der Waals surface area contributed by atoms with Gasteiger partial charge in [-0.05, 0) is 42.8 Å². The van der Waals surface area contributed by atoms with Crippen molar-refractivity contribution in [3.05, 3.63) is 59.7 Å². The van der Waals surface area contributed by atoms with Gasteiger partial charge in [-0.3, -0.25) is 25.2 Å². The number of rotatable bonds is 3. The Balaban J connectivity index is 1.88. The van der Waals surface area contributed by atoms with Gasteiger partial charge in [-0.2, -0.15) is 0 Å². The van der Waals surface area contributed by atoms with Crippen molar-refractivity contribution in [3.8, 4) is 5.75 Å². The lowest BCUT2D eigenvalue weighted by Gasteiger charge is -2.09. The van der Waals surface area contributed by atoms with E-state index in [9.17, 15) is 14.4 Å². The summed E-state index contributed by atoms with van der Waals surface area (Å²) in [6.07, 6.45) is 0. The van der Waals surface area contributed by atoms with Gasteiger partial charge in [-0.1, -0.05) is 18.2 Å². The van der Waals surface area contributed by atoms with Crippen LogP contribution in [0.5, 0.6) is 5.75 Å². The van der Waals surface area contributed by atoms with Gasteiger partial charge in [0.1, 0.15) is 5.75 Å². The monoisotopic (exact) mass is 327 g/mol. The molecule has 0 aliphatic heterocycles. The first-order chi connectivity index (χ1) is 11.5. The lowest BCUT2D eigenvalue weighted by molar-refractivity contribution is -0.136. The second-order valence-corrected chi connectivity index (χ2v) is 4.91. The van der Waals surface area contributed by atoms with Crippen molar-refractivity contribution in [2.45, 2.75) is 6.92 Å². The van der Waals surface area contributed by atoms with Gasteiger partial charge < -0.3 is 10.1 Å². The summed E-state index contributed by atoms with van der Waals surface area (Å²) >= 11 is 0. The number of carbonyl (C=O) groups is 3. The summed E-state index contributed by atoms with van der Waals surface area (Å²) in [4.78, 5) is 35.4. The molecular formula is C17H17N3O4. The van der Waals surface area contributed by atoms with Crippen molar-refractivity contribution in [3.63, 3.8) is 0 Å². The van der Waals surface area contributed by atoms with E-state index in [-0.39, 0.29) is 0 Å². The van der Waals surface area contributed by atoms with Gasteiger partial charge in [0, 0.05) is 11.3 Å². The minimum atomic E-state index is -0.972. The third kappa shape index (κ3) is 4.33. The molecule has 0 aliphatic rings. The number of benzene rings is 2. The average Bonchev–Trinajstić information content (AvgIpc) is 2.61. The Morgan fingerprint density at radius 2 is 1.54 bits per heavy atom. The molecule has 3 amide bonds. The summed E-state index contributed by atoms with van der Waals surface area (Å²) in [5.41, 5.74) is 5.91. The highest BCUT2D eigenvalue weighted by Gasteiger charge is 2.15. The number of amides is 3. The van der Waals surface area contributed by atoms with Crippen LogP contribution < -0.4 is 20.9 Å². The van der Waals surface area contributed by atoms with Crippen LogP contribution in [0.1, 0.15) is 15.9 Å². The Morgan fingerprint density at radius 1 is 0.875 bits per heavy atom. The van der Waals surface area contributed by atoms with Crippen LogP contribution in [-0.2, 0) is 9.59 Å².